The van der Waals surface area contributed by atoms with Crippen molar-refractivity contribution in [2.75, 3.05) is 12.4 Å². The molecular weight excluding hydrogens is 309 g/mol. The van der Waals surface area contributed by atoms with Crippen LogP contribution >= 0.6 is 0 Å². The molecule has 128 valence electrons. The molecule has 6 heteroatoms. The number of halogens is 1. The Morgan fingerprint density at radius 1 is 1.33 bits per heavy atom. The van der Waals surface area contributed by atoms with Gasteiger partial charge in [-0.2, -0.15) is 0 Å². The maximum atomic E-state index is 13.9. The Bertz CT molecular complexity index is 677. The summed E-state index contributed by atoms with van der Waals surface area (Å²) in [5, 5.41) is 5.41. The van der Waals surface area contributed by atoms with Crippen molar-refractivity contribution >= 4 is 11.7 Å². The molecule has 0 aliphatic heterocycles. The van der Waals surface area contributed by atoms with Crippen LogP contribution in [0.3, 0.4) is 0 Å². The predicted molar refractivity (Wildman–Crippen MR) is 91.5 cm³/mol. The van der Waals surface area contributed by atoms with Crippen LogP contribution in [0.4, 0.5) is 14.9 Å². The standard InChI is InChI=1S/C18H22FN3O2/c1-12(2)9-17(13-5-4-8-20-11-13)22-18(23)21-16-7-6-14(24-3)10-15(16)19/h4-8,10-12,17H,9H2,1-3H3,(H2,21,22,23)/t17-/m1/s1. The lowest BCUT2D eigenvalue weighted by Gasteiger charge is -2.21. The molecule has 0 saturated carbocycles. The molecule has 2 rings (SSSR count). The van der Waals surface area contributed by atoms with Crippen LogP contribution in [0.25, 0.3) is 0 Å². The number of rotatable bonds is 6. The molecule has 0 radical (unpaired) electrons. The summed E-state index contributed by atoms with van der Waals surface area (Å²) >= 11 is 0. The molecule has 0 unspecified atom stereocenters. The highest BCUT2D eigenvalue weighted by Crippen LogP contribution is 2.22. The molecule has 1 heterocycles. The number of carbonyl (C=O) groups is 1. The van der Waals surface area contributed by atoms with E-state index in [1.165, 1.54) is 19.2 Å². The van der Waals surface area contributed by atoms with E-state index in [0.717, 1.165) is 12.0 Å². The Kier molecular flexibility index (Phi) is 6.12. The van der Waals surface area contributed by atoms with Gasteiger partial charge in [-0.3, -0.25) is 4.98 Å². The van der Waals surface area contributed by atoms with Gasteiger partial charge in [0.1, 0.15) is 11.6 Å². The fourth-order valence-electron chi connectivity index (χ4n) is 2.37. The van der Waals surface area contributed by atoms with Gasteiger partial charge in [0.05, 0.1) is 18.8 Å². The number of hydrogen-bond acceptors (Lipinski definition) is 3. The number of carbonyl (C=O) groups excluding carboxylic acids is 1. The number of urea groups is 1. The zero-order valence-corrected chi connectivity index (χ0v) is 14.0. The monoisotopic (exact) mass is 331 g/mol. The molecule has 0 saturated heterocycles. The normalized spacial score (nSPS) is 11.9. The molecule has 1 aromatic heterocycles. The fourth-order valence-corrected chi connectivity index (χ4v) is 2.37. The summed E-state index contributed by atoms with van der Waals surface area (Å²) in [6.07, 6.45) is 4.16. The van der Waals surface area contributed by atoms with E-state index in [-0.39, 0.29) is 11.7 Å². The molecule has 2 aromatic rings. The van der Waals surface area contributed by atoms with Crippen LogP contribution in [0.1, 0.15) is 31.9 Å². The van der Waals surface area contributed by atoms with Gasteiger partial charge in [0, 0.05) is 18.5 Å². The maximum Gasteiger partial charge on any atom is 0.319 e. The Morgan fingerprint density at radius 3 is 2.71 bits per heavy atom. The first-order valence-corrected chi connectivity index (χ1v) is 7.80. The lowest BCUT2D eigenvalue weighted by atomic mass is 9.98. The summed E-state index contributed by atoms with van der Waals surface area (Å²) in [6, 6.07) is 7.36. The molecule has 2 amide bonds. The molecule has 0 fully saturated rings. The molecule has 24 heavy (non-hydrogen) atoms. The number of pyridine rings is 1. The number of aromatic nitrogens is 1. The van der Waals surface area contributed by atoms with E-state index >= 15 is 0 Å². The molecule has 0 spiro atoms. The summed E-state index contributed by atoms with van der Waals surface area (Å²) in [7, 11) is 1.46. The van der Waals surface area contributed by atoms with Crippen LogP contribution in [0.5, 0.6) is 5.75 Å². The first-order valence-electron chi connectivity index (χ1n) is 7.80. The first kappa shape index (κ1) is 17.7. The second-order valence-corrected chi connectivity index (χ2v) is 5.91. The Morgan fingerprint density at radius 2 is 2.12 bits per heavy atom. The molecule has 1 aromatic carbocycles. The molecule has 1 atom stereocenters. The molecule has 0 bridgehead atoms. The number of hydrogen-bond donors (Lipinski definition) is 2. The number of benzene rings is 1. The molecular formula is C18H22FN3O2. The maximum absolute atomic E-state index is 13.9. The highest BCUT2D eigenvalue weighted by Gasteiger charge is 2.17. The Balaban J connectivity index is 2.08. The van der Waals surface area contributed by atoms with E-state index in [0.29, 0.717) is 11.7 Å². The molecule has 5 nitrogen and oxygen atoms in total. The van der Waals surface area contributed by atoms with Crippen molar-refractivity contribution in [3.05, 3.63) is 54.1 Å². The van der Waals surface area contributed by atoms with Crippen LogP contribution in [0.2, 0.25) is 0 Å². The van der Waals surface area contributed by atoms with Crippen LogP contribution in [0.15, 0.2) is 42.7 Å². The number of nitrogens with one attached hydrogen (secondary N) is 2. The Hall–Kier alpha value is -2.63. The second kappa shape index (κ2) is 8.29. The number of nitrogens with zero attached hydrogens (tertiary/aromatic N) is 1. The summed E-state index contributed by atoms with van der Waals surface area (Å²) in [4.78, 5) is 16.3. The zero-order chi connectivity index (χ0) is 17.5. The van der Waals surface area contributed by atoms with Gasteiger partial charge in [-0.15, -0.1) is 0 Å². The highest BCUT2D eigenvalue weighted by atomic mass is 19.1. The van der Waals surface area contributed by atoms with Crippen LogP contribution < -0.4 is 15.4 Å². The molecule has 0 aliphatic rings. The predicted octanol–water partition coefficient (Wildman–Crippen LogP) is 4.14. The minimum absolute atomic E-state index is 0.0998. The number of ether oxygens (including phenoxy) is 1. The van der Waals surface area contributed by atoms with Gasteiger partial charge in [-0.05, 0) is 36.1 Å². The average Bonchev–Trinajstić information content (AvgIpc) is 2.56. The number of amides is 2. The topological polar surface area (TPSA) is 63.2 Å². The summed E-state index contributed by atoms with van der Waals surface area (Å²) < 4.78 is 18.9. The van der Waals surface area contributed by atoms with Crippen molar-refractivity contribution in [2.24, 2.45) is 5.92 Å². The largest absolute Gasteiger partial charge is 0.497 e. The fraction of sp³-hybridized carbons (Fsp3) is 0.333. The van der Waals surface area contributed by atoms with Crippen LogP contribution in [-0.4, -0.2) is 18.1 Å². The third-order valence-corrected chi connectivity index (χ3v) is 3.52. The second-order valence-electron chi connectivity index (χ2n) is 5.91. The summed E-state index contributed by atoms with van der Waals surface area (Å²) in [5.41, 5.74) is 1.01. The van der Waals surface area contributed by atoms with Gasteiger partial charge < -0.3 is 15.4 Å². The minimum atomic E-state index is -0.550. The SMILES string of the molecule is COc1ccc(NC(=O)N[C@H](CC(C)C)c2cccnc2)c(F)c1. The van der Waals surface area contributed by atoms with Crippen LogP contribution in [-0.2, 0) is 0 Å². The summed E-state index contributed by atoms with van der Waals surface area (Å²) in [6.45, 7) is 4.15. The molecule has 0 aliphatic carbocycles. The summed E-state index contributed by atoms with van der Waals surface area (Å²) in [5.74, 6) is 0.228. The van der Waals surface area contributed by atoms with Gasteiger partial charge in [0.25, 0.3) is 0 Å². The van der Waals surface area contributed by atoms with Crippen molar-refractivity contribution in [1.29, 1.82) is 0 Å². The van der Waals surface area contributed by atoms with E-state index in [9.17, 15) is 9.18 Å². The quantitative estimate of drug-likeness (QED) is 0.836. The zero-order valence-electron chi connectivity index (χ0n) is 14.0. The van der Waals surface area contributed by atoms with Crippen molar-refractivity contribution in [1.82, 2.24) is 10.3 Å². The van der Waals surface area contributed by atoms with Gasteiger partial charge in [-0.1, -0.05) is 19.9 Å². The van der Waals surface area contributed by atoms with E-state index in [1.807, 2.05) is 12.1 Å². The molecule has 2 N–H and O–H groups in total. The lowest BCUT2D eigenvalue weighted by Crippen LogP contribution is -2.33. The number of anilines is 1. The van der Waals surface area contributed by atoms with E-state index in [4.69, 9.17) is 4.74 Å². The minimum Gasteiger partial charge on any atom is -0.497 e. The van der Waals surface area contributed by atoms with E-state index in [2.05, 4.69) is 29.5 Å². The van der Waals surface area contributed by atoms with Gasteiger partial charge in [0.15, 0.2) is 0 Å². The average molecular weight is 331 g/mol. The van der Waals surface area contributed by atoms with E-state index < -0.39 is 11.8 Å². The van der Waals surface area contributed by atoms with Crippen molar-refractivity contribution in [3.8, 4) is 5.75 Å². The van der Waals surface area contributed by atoms with E-state index in [1.54, 1.807) is 18.5 Å². The third kappa shape index (κ3) is 4.94. The first-order chi connectivity index (χ1) is 11.5. The van der Waals surface area contributed by atoms with Gasteiger partial charge in [-0.25, -0.2) is 9.18 Å². The van der Waals surface area contributed by atoms with Gasteiger partial charge >= 0.3 is 6.03 Å². The lowest BCUT2D eigenvalue weighted by molar-refractivity contribution is 0.246. The van der Waals surface area contributed by atoms with Crippen molar-refractivity contribution in [2.45, 2.75) is 26.3 Å². The third-order valence-electron chi connectivity index (χ3n) is 3.52. The highest BCUT2D eigenvalue weighted by molar-refractivity contribution is 5.89. The van der Waals surface area contributed by atoms with Gasteiger partial charge in [0.2, 0.25) is 0 Å². The smallest absolute Gasteiger partial charge is 0.319 e. The van der Waals surface area contributed by atoms with Crippen molar-refractivity contribution in [3.63, 3.8) is 0 Å². The van der Waals surface area contributed by atoms with Crippen molar-refractivity contribution < 1.29 is 13.9 Å². The Labute approximate surface area is 141 Å². The van der Waals surface area contributed by atoms with Crippen LogP contribution in [0, 0.1) is 11.7 Å². The number of methoxy groups -OCH3 is 1.